The van der Waals surface area contributed by atoms with Crippen LogP contribution in [0.25, 0.3) is 0 Å². The van der Waals surface area contributed by atoms with Crippen molar-refractivity contribution in [1.82, 2.24) is 9.78 Å². The van der Waals surface area contributed by atoms with Crippen LogP contribution in [-0.2, 0) is 13.5 Å². The highest BCUT2D eigenvalue weighted by molar-refractivity contribution is 5.98. The quantitative estimate of drug-likeness (QED) is 0.649. The summed E-state index contributed by atoms with van der Waals surface area (Å²) in [6.45, 7) is 3.97. The highest BCUT2D eigenvalue weighted by Crippen LogP contribution is 2.27. The van der Waals surface area contributed by atoms with Gasteiger partial charge in [0.2, 0.25) is 5.88 Å². The molecule has 0 aliphatic carbocycles. The molecule has 0 aliphatic heterocycles. The van der Waals surface area contributed by atoms with Crippen molar-refractivity contribution in [2.45, 2.75) is 26.7 Å². The number of nitrogens with zero attached hydrogens (tertiary/aromatic N) is 2. The third kappa shape index (κ3) is 2.82. The van der Waals surface area contributed by atoms with Crippen molar-refractivity contribution in [2.75, 3.05) is 0 Å². The maximum atomic E-state index is 7.63. The molecule has 1 heterocycles. The Morgan fingerprint density at radius 1 is 1.35 bits per heavy atom. The van der Waals surface area contributed by atoms with Crippen LogP contribution in [0.2, 0.25) is 0 Å². The summed E-state index contributed by atoms with van der Waals surface area (Å²) in [7, 11) is 1.78. The molecule has 0 unspecified atom stereocenters. The molecule has 2 rings (SSSR count). The van der Waals surface area contributed by atoms with Crippen molar-refractivity contribution in [1.29, 1.82) is 5.41 Å². The average molecular weight is 272 g/mol. The zero-order valence-corrected chi connectivity index (χ0v) is 12.1. The van der Waals surface area contributed by atoms with Gasteiger partial charge in [0.15, 0.2) is 0 Å². The van der Waals surface area contributed by atoms with Gasteiger partial charge in [0.05, 0.1) is 5.69 Å². The molecule has 5 nitrogen and oxygen atoms in total. The number of nitrogen functional groups attached to an aromatic ring is 1. The number of amidine groups is 1. The van der Waals surface area contributed by atoms with E-state index in [2.05, 4.69) is 24.2 Å². The first kappa shape index (κ1) is 14.1. The lowest BCUT2D eigenvalue weighted by Crippen LogP contribution is -2.13. The normalized spacial score (nSPS) is 10.6. The van der Waals surface area contributed by atoms with Crippen LogP contribution in [0.3, 0.4) is 0 Å². The molecule has 2 aromatic rings. The third-order valence-electron chi connectivity index (χ3n) is 3.12. The van der Waals surface area contributed by atoms with E-state index in [1.807, 2.05) is 19.1 Å². The number of nitrogens with one attached hydrogen (secondary N) is 1. The molecule has 0 saturated heterocycles. The average Bonchev–Trinajstić information content (AvgIpc) is 2.67. The fourth-order valence-electron chi connectivity index (χ4n) is 2.19. The molecule has 3 N–H and O–H groups in total. The first-order valence-corrected chi connectivity index (χ1v) is 6.67. The smallest absolute Gasteiger partial charge is 0.228 e. The third-order valence-corrected chi connectivity index (χ3v) is 3.12. The fourth-order valence-corrected chi connectivity index (χ4v) is 2.19. The van der Waals surface area contributed by atoms with Gasteiger partial charge in [-0.3, -0.25) is 5.41 Å². The summed E-state index contributed by atoms with van der Waals surface area (Å²) in [4.78, 5) is 0. The predicted octanol–water partition coefficient (Wildman–Crippen LogP) is 2.76. The molecule has 0 bridgehead atoms. The van der Waals surface area contributed by atoms with Crippen LogP contribution in [0.15, 0.2) is 24.3 Å². The molecule has 0 radical (unpaired) electrons. The maximum absolute atomic E-state index is 7.63. The van der Waals surface area contributed by atoms with Gasteiger partial charge in [0.1, 0.15) is 17.1 Å². The molecule has 1 aromatic heterocycles. The number of benzene rings is 1. The van der Waals surface area contributed by atoms with Gasteiger partial charge in [-0.1, -0.05) is 25.5 Å². The molecule has 1 aromatic carbocycles. The molecule has 0 aliphatic rings. The Balaban J connectivity index is 2.28. The summed E-state index contributed by atoms with van der Waals surface area (Å²) in [6, 6.07) is 7.96. The summed E-state index contributed by atoms with van der Waals surface area (Å²) in [6.07, 6.45) is 2.18. The summed E-state index contributed by atoms with van der Waals surface area (Å²) in [5.74, 6) is 1.18. The predicted molar refractivity (Wildman–Crippen MR) is 79.5 cm³/mol. The van der Waals surface area contributed by atoms with Gasteiger partial charge in [0, 0.05) is 7.05 Å². The Morgan fingerprint density at radius 2 is 2.00 bits per heavy atom. The van der Waals surface area contributed by atoms with Crippen molar-refractivity contribution in [3.63, 3.8) is 0 Å². The van der Waals surface area contributed by atoms with E-state index in [1.54, 1.807) is 11.7 Å². The van der Waals surface area contributed by atoms with Crippen LogP contribution in [0, 0.1) is 12.3 Å². The number of aryl methyl sites for hydroxylation is 3. The molecular weight excluding hydrogens is 252 g/mol. The monoisotopic (exact) mass is 272 g/mol. The minimum atomic E-state index is -0.0341. The zero-order valence-electron chi connectivity index (χ0n) is 12.1. The van der Waals surface area contributed by atoms with Gasteiger partial charge in [-0.25, -0.2) is 4.68 Å². The van der Waals surface area contributed by atoms with Crippen molar-refractivity contribution >= 4 is 5.84 Å². The van der Waals surface area contributed by atoms with Crippen molar-refractivity contribution in [3.8, 4) is 11.6 Å². The number of ether oxygens (including phenoxy) is 1. The van der Waals surface area contributed by atoms with Crippen LogP contribution in [0.5, 0.6) is 11.6 Å². The summed E-state index contributed by atoms with van der Waals surface area (Å²) in [5, 5.41) is 11.9. The molecule has 5 heteroatoms. The van der Waals surface area contributed by atoms with E-state index >= 15 is 0 Å². The molecule has 106 valence electrons. The first-order chi connectivity index (χ1) is 9.52. The van der Waals surface area contributed by atoms with Crippen molar-refractivity contribution in [3.05, 3.63) is 41.1 Å². The van der Waals surface area contributed by atoms with E-state index < -0.39 is 0 Å². The highest BCUT2D eigenvalue weighted by Gasteiger charge is 2.17. The fraction of sp³-hybridized carbons (Fsp3) is 0.333. The van der Waals surface area contributed by atoms with Crippen molar-refractivity contribution < 1.29 is 4.74 Å². The second-order valence-electron chi connectivity index (χ2n) is 4.80. The molecule has 0 amide bonds. The first-order valence-electron chi connectivity index (χ1n) is 6.67. The number of hydrogen-bond acceptors (Lipinski definition) is 3. The zero-order chi connectivity index (χ0) is 14.7. The van der Waals surface area contributed by atoms with Gasteiger partial charge < -0.3 is 10.5 Å². The Kier molecular flexibility index (Phi) is 4.08. The van der Waals surface area contributed by atoms with Crippen molar-refractivity contribution in [2.24, 2.45) is 12.8 Å². The lowest BCUT2D eigenvalue weighted by Gasteiger charge is -2.08. The molecule has 0 fully saturated rings. The van der Waals surface area contributed by atoms with E-state index in [0.29, 0.717) is 17.1 Å². The molecule has 20 heavy (non-hydrogen) atoms. The van der Waals surface area contributed by atoms with Gasteiger partial charge in [-0.2, -0.15) is 5.10 Å². The van der Waals surface area contributed by atoms with E-state index in [1.165, 1.54) is 5.56 Å². The summed E-state index contributed by atoms with van der Waals surface area (Å²) in [5.41, 5.74) is 8.12. The maximum Gasteiger partial charge on any atom is 0.228 e. The minimum absolute atomic E-state index is 0.0341. The molecular formula is C15H20N4O. The Labute approximate surface area is 118 Å². The number of hydrogen-bond donors (Lipinski definition) is 2. The SMILES string of the molecule is CCCc1ccc(Oc2c(C(=N)N)c(C)nn2C)cc1. The standard InChI is InChI=1S/C15H20N4O/c1-4-5-11-6-8-12(9-7-11)20-15-13(14(16)17)10(2)18-19(15)3/h6-9H,4-5H2,1-3H3,(H3,16,17). The van der Waals surface area contributed by atoms with Crippen LogP contribution < -0.4 is 10.5 Å². The van der Waals surface area contributed by atoms with Crippen LogP contribution in [0.4, 0.5) is 0 Å². The van der Waals surface area contributed by atoms with E-state index in [0.717, 1.165) is 18.6 Å². The summed E-state index contributed by atoms with van der Waals surface area (Å²) >= 11 is 0. The van der Waals surface area contributed by atoms with E-state index in [9.17, 15) is 0 Å². The van der Waals surface area contributed by atoms with Gasteiger partial charge >= 0.3 is 0 Å². The number of nitrogens with two attached hydrogens (primary N) is 1. The number of aromatic nitrogens is 2. The largest absolute Gasteiger partial charge is 0.439 e. The van der Waals surface area contributed by atoms with E-state index in [4.69, 9.17) is 15.9 Å². The van der Waals surface area contributed by atoms with Crippen LogP contribution >= 0.6 is 0 Å². The Hall–Kier alpha value is -2.30. The summed E-state index contributed by atoms with van der Waals surface area (Å²) < 4.78 is 7.44. The topological polar surface area (TPSA) is 76.9 Å². The molecule has 0 saturated carbocycles. The number of rotatable bonds is 5. The second-order valence-corrected chi connectivity index (χ2v) is 4.80. The molecule has 0 spiro atoms. The van der Waals surface area contributed by atoms with Gasteiger partial charge in [-0.05, 0) is 31.0 Å². The molecule has 0 atom stereocenters. The Morgan fingerprint density at radius 3 is 2.55 bits per heavy atom. The lowest BCUT2D eigenvalue weighted by atomic mass is 10.1. The second kappa shape index (κ2) is 5.77. The highest BCUT2D eigenvalue weighted by atomic mass is 16.5. The van der Waals surface area contributed by atoms with Crippen LogP contribution in [-0.4, -0.2) is 15.6 Å². The van der Waals surface area contributed by atoms with Gasteiger partial charge in [0.25, 0.3) is 0 Å². The van der Waals surface area contributed by atoms with E-state index in [-0.39, 0.29) is 5.84 Å². The van der Waals surface area contributed by atoms with Crippen LogP contribution in [0.1, 0.15) is 30.2 Å². The lowest BCUT2D eigenvalue weighted by molar-refractivity contribution is 0.429. The minimum Gasteiger partial charge on any atom is -0.439 e. The Bertz CT molecular complexity index is 614. The van der Waals surface area contributed by atoms with Gasteiger partial charge in [-0.15, -0.1) is 0 Å².